The first-order chi connectivity index (χ1) is 8.89. The van der Waals surface area contributed by atoms with Crippen molar-refractivity contribution in [1.82, 2.24) is 5.32 Å². The summed E-state index contributed by atoms with van der Waals surface area (Å²) in [5.41, 5.74) is 0.227. The SMILES string of the molecule is C=C(C)C(C)(C)C(=O)N[C@@H]1CCOC[C@H]1OCCO. The molecule has 0 saturated carbocycles. The maximum absolute atomic E-state index is 12.3. The number of ether oxygens (including phenoxy) is 2. The molecule has 0 radical (unpaired) electrons. The molecule has 110 valence electrons. The molecular weight excluding hydrogens is 246 g/mol. The van der Waals surface area contributed by atoms with Crippen molar-refractivity contribution in [3.63, 3.8) is 0 Å². The summed E-state index contributed by atoms with van der Waals surface area (Å²) in [6.07, 6.45) is 0.513. The van der Waals surface area contributed by atoms with E-state index < -0.39 is 5.41 Å². The fraction of sp³-hybridized carbons (Fsp3) is 0.786. The second-order valence-corrected chi connectivity index (χ2v) is 5.48. The zero-order valence-corrected chi connectivity index (χ0v) is 12.1. The Kier molecular flexibility index (Phi) is 5.97. The van der Waals surface area contributed by atoms with E-state index in [0.717, 1.165) is 5.57 Å². The van der Waals surface area contributed by atoms with Gasteiger partial charge in [0.1, 0.15) is 6.10 Å². The smallest absolute Gasteiger partial charge is 0.230 e. The van der Waals surface area contributed by atoms with Gasteiger partial charge in [-0.05, 0) is 27.2 Å². The summed E-state index contributed by atoms with van der Waals surface area (Å²) in [4.78, 5) is 12.3. The van der Waals surface area contributed by atoms with E-state index in [1.807, 2.05) is 20.8 Å². The van der Waals surface area contributed by atoms with E-state index in [4.69, 9.17) is 14.6 Å². The van der Waals surface area contributed by atoms with Gasteiger partial charge >= 0.3 is 0 Å². The van der Waals surface area contributed by atoms with Gasteiger partial charge in [-0.1, -0.05) is 12.2 Å². The van der Waals surface area contributed by atoms with Crippen LogP contribution in [0.4, 0.5) is 0 Å². The van der Waals surface area contributed by atoms with Crippen LogP contribution in [0.3, 0.4) is 0 Å². The van der Waals surface area contributed by atoms with E-state index in [9.17, 15) is 4.79 Å². The van der Waals surface area contributed by atoms with Gasteiger partial charge in [-0.2, -0.15) is 0 Å². The van der Waals surface area contributed by atoms with Gasteiger partial charge in [-0.15, -0.1) is 0 Å². The van der Waals surface area contributed by atoms with Crippen molar-refractivity contribution in [3.05, 3.63) is 12.2 Å². The average molecular weight is 271 g/mol. The first kappa shape index (κ1) is 16.1. The Bertz CT molecular complexity index is 327. The van der Waals surface area contributed by atoms with Crippen LogP contribution in [0.1, 0.15) is 27.2 Å². The number of rotatable bonds is 6. The molecule has 1 saturated heterocycles. The number of amides is 1. The molecule has 19 heavy (non-hydrogen) atoms. The molecule has 0 unspecified atom stereocenters. The monoisotopic (exact) mass is 271 g/mol. The van der Waals surface area contributed by atoms with Gasteiger partial charge in [0.05, 0.1) is 31.3 Å². The molecule has 0 aliphatic carbocycles. The molecule has 1 amide bonds. The highest BCUT2D eigenvalue weighted by Crippen LogP contribution is 2.25. The summed E-state index contributed by atoms with van der Waals surface area (Å²) in [5.74, 6) is -0.0514. The maximum Gasteiger partial charge on any atom is 0.230 e. The van der Waals surface area contributed by atoms with Crippen molar-refractivity contribution in [2.45, 2.75) is 39.3 Å². The molecule has 0 aromatic rings. The fourth-order valence-corrected chi connectivity index (χ4v) is 1.79. The van der Waals surface area contributed by atoms with Gasteiger partial charge in [-0.25, -0.2) is 0 Å². The quantitative estimate of drug-likeness (QED) is 0.704. The first-order valence-electron chi connectivity index (χ1n) is 6.66. The number of hydrogen-bond donors (Lipinski definition) is 2. The minimum Gasteiger partial charge on any atom is -0.394 e. The maximum atomic E-state index is 12.3. The van der Waals surface area contributed by atoms with Crippen LogP contribution in [-0.4, -0.2) is 49.6 Å². The number of nitrogens with one attached hydrogen (secondary N) is 1. The molecule has 0 aromatic heterocycles. The Balaban J connectivity index is 2.61. The Morgan fingerprint density at radius 2 is 2.26 bits per heavy atom. The van der Waals surface area contributed by atoms with Crippen LogP contribution in [0, 0.1) is 5.41 Å². The van der Waals surface area contributed by atoms with E-state index >= 15 is 0 Å². The second-order valence-electron chi connectivity index (χ2n) is 5.48. The number of carbonyl (C=O) groups is 1. The zero-order valence-electron chi connectivity index (χ0n) is 12.1. The minimum atomic E-state index is -0.597. The third kappa shape index (κ3) is 4.30. The largest absolute Gasteiger partial charge is 0.394 e. The predicted molar refractivity (Wildman–Crippen MR) is 72.8 cm³/mol. The third-order valence-electron chi connectivity index (χ3n) is 3.68. The molecule has 5 nitrogen and oxygen atoms in total. The van der Waals surface area contributed by atoms with Crippen molar-refractivity contribution in [2.75, 3.05) is 26.4 Å². The first-order valence-corrected chi connectivity index (χ1v) is 6.66. The van der Waals surface area contributed by atoms with Gasteiger partial charge in [0.2, 0.25) is 5.91 Å². The van der Waals surface area contributed by atoms with Crippen LogP contribution < -0.4 is 5.32 Å². The van der Waals surface area contributed by atoms with Crippen molar-refractivity contribution in [3.8, 4) is 0 Å². The third-order valence-corrected chi connectivity index (χ3v) is 3.68. The summed E-state index contributed by atoms with van der Waals surface area (Å²) in [5, 5.41) is 11.8. The molecule has 1 heterocycles. The molecule has 0 bridgehead atoms. The number of aliphatic hydroxyl groups excluding tert-OH is 1. The Labute approximate surface area is 115 Å². The molecule has 1 fully saturated rings. The van der Waals surface area contributed by atoms with Gasteiger partial charge in [0, 0.05) is 6.61 Å². The highest BCUT2D eigenvalue weighted by Gasteiger charge is 2.34. The van der Waals surface area contributed by atoms with E-state index in [1.54, 1.807) is 0 Å². The Morgan fingerprint density at radius 3 is 2.84 bits per heavy atom. The fourth-order valence-electron chi connectivity index (χ4n) is 1.79. The summed E-state index contributed by atoms with van der Waals surface area (Å²) >= 11 is 0. The normalized spacial score (nSPS) is 24.0. The highest BCUT2D eigenvalue weighted by atomic mass is 16.5. The van der Waals surface area contributed by atoms with Crippen molar-refractivity contribution >= 4 is 5.91 Å². The Hall–Kier alpha value is -0.910. The second kappa shape index (κ2) is 7.03. The Morgan fingerprint density at radius 1 is 1.58 bits per heavy atom. The number of carbonyl (C=O) groups excluding carboxylic acids is 1. The van der Waals surface area contributed by atoms with Gasteiger partial charge in [0.25, 0.3) is 0 Å². The minimum absolute atomic E-state index is 0.0333. The molecule has 2 atom stereocenters. The van der Waals surface area contributed by atoms with Crippen molar-refractivity contribution in [2.24, 2.45) is 5.41 Å². The molecule has 2 N–H and O–H groups in total. The van der Waals surface area contributed by atoms with Crippen LogP contribution in [0.15, 0.2) is 12.2 Å². The van der Waals surface area contributed by atoms with Gasteiger partial charge < -0.3 is 19.9 Å². The lowest BCUT2D eigenvalue weighted by Gasteiger charge is -2.34. The van der Waals surface area contributed by atoms with Crippen LogP contribution in [-0.2, 0) is 14.3 Å². The van der Waals surface area contributed by atoms with E-state index in [0.29, 0.717) is 19.6 Å². The molecule has 5 heteroatoms. The van der Waals surface area contributed by atoms with E-state index in [-0.39, 0.29) is 31.3 Å². The molecular formula is C14H25NO4. The van der Waals surface area contributed by atoms with Crippen LogP contribution >= 0.6 is 0 Å². The van der Waals surface area contributed by atoms with Gasteiger partial charge in [0.15, 0.2) is 0 Å². The van der Waals surface area contributed by atoms with Crippen LogP contribution in [0.25, 0.3) is 0 Å². The zero-order chi connectivity index (χ0) is 14.5. The lowest BCUT2D eigenvalue weighted by molar-refractivity contribution is -0.132. The van der Waals surface area contributed by atoms with Crippen molar-refractivity contribution < 1.29 is 19.4 Å². The summed E-state index contributed by atoms with van der Waals surface area (Å²) in [6.45, 7) is 10.7. The highest BCUT2D eigenvalue weighted by molar-refractivity contribution is 5.85. The number of aliphatic hydroxyl groups is 1. The average Bonchev–Trinajstić information content (AvgIpc) is 2.37. The topological polar surface area (TPSA) is 67.8 Å². The van der Waals surface area contributed by atoms with Crippen LogP contribution in [0.5, 0.6) is 0 Å². The van der Waals surface area contributed by atoms with E-state index in [2.05, 4.69) is 11.9 Å². The standard InChI is InChI=1S/C14H25NO4/c1-10(2)14(3,4)13(17)15-11-5-7-18-9-12(11)19-8-6-16/h11-12,16H,1,5-9H2,2-4H3,(H,15,17)/t11-,12-/m1/s1. The predicted octanol–water partition coefficient (Wildman–Crippen LogP) is 0.871. The van der Waals surface area contributed by atoms with Gasteiger partial charge in [-0.3, -0.25) is 4.79 Å². The summed E-state index contributed by atoms with van der Waals surface area (Å²) < 4.78 is 10.9. The number of hydrogen-bond acceptors (Lipinski definition) is 4. The van der Waals surface area contributed by atoms with Crippen molar-refractivity contribution in [1.29, 1.82) is 0 Å². The molecule has 0 spiro atoms. The lowest BCUT2D eigenvalue weighted by Crippen LogP contribution is -2.53. The lowest BCUT2D eigenvalue weighted by atomic mass is 9.84. The molecule has 1 aliphatic rings. The molecule has 0 aromatic carbocycles. The molecule has 1 aliphatic heterocycles. The van der Waals surface area contributed by atoms with E-state index in [1.165, 1.54) is 0 Å². The van der Waals surface area contributed by atoms with Crippen LogP contribution in [0.2, 0.25) is 0 Å². The summed E-state index contributed by atoms with van der Waals surface area (Å²) in [7, 11) is 0. The molecule has 1 rings (SSSR count). The summed E-state index contributed by atoms with van der Waals surface area (Å²) in [6, 6.07) is -0.0774.